The quantitative estimate of drug-likeness (QED) is 0.530. The van der Waals surface area contributed by atoms with Gasteiger partial charge in [0.05, 0.1) is 6.10 Å². The number of hydrogen-bond donors (Lipinski definition) is 1. The number of aliphatic hydroxyl groups excluding tert-OH is 1. The van der Waals surface area contributed by atoms with Crippen LogP contribution in [0.3, 0.4) is 0 Å². The summed E-state index contributed by atoms with van der Waals surface area (Å²) in [5, 5.41) is 9.56. The summed E-state index contributed by atoms with van der Waals surface area (Å²) in [6, 6.07) is 0. The number of unbranched alkanes of at least 4 members (excludes halogenated alkanes) is 7. The van der Waals surface area contributed by atoms with Crippen LogP contribution >= 0.6 is 0 Å². The minimum absolute atomic E-state index is 0.162. The molecule has 91 valence electrons. The van der Waals surface area contributed by atoms with Crippen LogP contribution in [0.15, 0.2) is 0 Å². The van der Waals surface area contributed by atoms with E-state index in [9.17, 15) is 5.11 Å². The molecular weight excluding hydrogens is 184 g/mol. The molecule has 0 amide bonds. The fraction of sp³-hybridized carbons (Fsp3) is 0.929. The Kier molecular flexibility index (Phi) is 10.4. The molecule has 0 rings (SSSR count). The zero-order chi connectivity index (χ0) is 11.5. The standard InChI is InChI=1S/C14H29O/c1-4-5-6-7-8-9-10-11-12-14(15)13(2)3/h14-15H,4-12H2,1-3H3. The van der Waals surface area contributed by atoms with Crippen LogP contribution in [0.25, 0.3) is 0 Å². The van der Waals surface area contributed by atoms with Crippen molar-refractivity contribution in [3.63, 3.8) is 0 Å². The van der Waals surface area contributed by atoms with Gasteiger partial charge in [-0.1, -0.05) is 72.1 Å². The van der Waals surface area contributed by atoms with Gasteiger partial charge in [0.15, 0.2) is 0 Å². The molecule has 0 aliphatic carbocycles. The van der Waals surface area contributed by atoms with Crippen molar-refractivity contribution in [2.24, 2.45) is 0 Å². The fourth-order valence-corrected chi connectivity index (χ4v) is 1.76. The first kappa shape index (κ1) is 15.0. The lowest BCUT2D eigenvalue weighted by molar-refractivity contribution is 0.174. The van der Waals surface area contributed by atoms with Gasteiger partial charge in [-0.25, -0.2) is 0 Å². The van der Waals surface area contributed by atoms with Crippen LogP contribution in [0.5, 0.6) is 0 Å². The Labute approximate surface area is 96.3 Å². The molecule has 0 saturated carbocycles. The van der Waals surface area contributed by atoms with E-state index in [0.29, 0.717) is 0 Å². The molecule has 0 aromatic rings. The van der Waals surface area contributed by atoms with E-state index in [1.54, 1.807) is 0 Å². The first-order valence-electron chi connectivity index (χ1n) is 6.66. The SMILES string of the molecule is CCCCCCCCCCC(O)[C](C)C. The molecule has 1 atom stereocenters. The normalized spacial score (nSPS) is 13.4. The molecular formula is C14H29O. The lowest BCUT2D eigenvalue weighted by Gasteiger charge is -2.13. The van der Waals surface area contributed by atoms with Crippen molar-refractivity contribution in [2.45, 2.75) is 84.7 Å². The zero-order valence-electron chi connectivity index (χ0n) is 10.9. The van der Waals surface area contributed by atoms with Crippen LogP contribution < -0.4 is 0 Å². The lowest BCUT2D eigenvalue weighted by Crippen LogP contribution is -2.12. The van der Waals surface area contributed by atoms with Crippen LogP contribution in [0, 0.1) is 5.92 Å². The Balaban J connectivity index is 3.05. The van der Waals surface area contributed by atoms with Crippen LogP contribution in [0.4, 0.5) is 0 Å². The first-order valence-corrected chi connectivity index (χ1v) is 6.66. The molecule has 0 saturated heterocycles. The summed E-state index contributed by atoms with van der Waals surface area (Å²) in [4.78, 5) is 0. The molecule has 15 heavy (non-hydrogen) atoms. The summed E-state index contributed by atoms with van der Waals surface area (Å²) in [7, 11) is 0. The Hall–Kier alpha value is -0.0400. The van der Waals surface area contributed by atoms with Crippen molar-refractivity contribution >= 4 is 0 Å². The van der Waals surface area contributed by atoms with E-state index in [1.807, 2.05) is 13.8 Å². The van der Waals surface area contributed by atoms with Crippen LogP contribution in [0.2, 0.25) is 0 Å². The molecule has 1 heteroatoms. The fourth-order valence-electron chi connectivity index (χ4n) is 1.76. The largest absolute Gasteiger partial charge is 0.393 e. The first-order chi connectivity index (χ1) is 7.18. The molecule has 0 aliphatic rings. The molecule has 1 radical (unpaired) electrons. The second-order valence-corrected chi connectivity index (χ2v) is 4.86. The Morgan fingerprint density at radius 2 is 1.33 bits per heavy atom. The molecule has 0 fully saturated rings. The van der Waals surface area contributed by atoms with E-state index in [4.69, 9.17) is 0 Å². The topological polar surface area (TPSA) is 20.2 Å². The molecule has 0 aromatic heterocycles. The molecule has 0 heterocycles. The maximum Gasteiger partial charge on any atom is 0.0597 e. The van der Waals surface area contributed by atoms with Crippen molar-refractivity contribution in [2.75, 3.05) is 0 Å². The minimum Gasteiger partial charge on any atom is -0.393 e. The van der Waals surface area contributed by atoms with Crippen LogP contribution in [0.1, 0.15) is 78.6 Å². The highest BCUT2D eigenvalue weighted by atomic mass is 16.3. The minimum atomic E-state index is -0.162. The summed E-state index contributed by atoms with van der Waals surface area (Å²) in [5.74, 6) is 1.15. The van der Waals surface area contributed by atoms with Crippen molar-refractivity contribution < 1.29 is 5.11 Å². The monoisotopic (exact) mass is 213 g/mol. The predicted molar refractivity (Wildman–Crippen MR) is 67.8 cm³/mol. The third-order valence-electron chi connectivity index (χ3n) is 3.00. The highest BCUT2D eigenvalue weighted by Crippen LogP contribution is 2.14. The van der Waals surface area contributed by atoms with Crippen molar-refractivity contribution in [1.29, 1.82) is 0 Å². The van der Waals surface area contributed by atoms with Crippen molar-refractivity contribution in [3.05, 3.63) is 5.92 Å². The highest BCUT2D eigenvalue weighted by molar-refractivity contribution is 4.86. The predicted octanol–water partition coefficient (Wildman–Crippen LogP) is 4.49. The molecule has 0 bridgehead atoms. The number of hydrogen-bond acceptors (Lipinski definition) is 1. The van der Waals surface area contributed by atoms with E-state index in [2.05, 4.69) is 6.92 Å². The van der Waals surface area contributed by atoms with Gasteiger partial charge in [-0.05, 0) is 12.3 Å². The van der Waals surface area contributed by atoms with Gasteiger partial charge in [0, 0.05) is 0 Å². The maximum atomic E-state index is 9.56. The third-order valence-corrected chi connectivity index (χ3v) is 3.00. The molecule has 1 N–H and O–H groups in total. The average molecular weight is 213 g/mol. The van der Waals surface area contributed by atoms with Crippen LogP contribution in [-0.2, 0) is 0 Å². The van der Waals surface area contributed by atoms with Crippen LogP contribution in [-0.4, -0.2) is 11.2 Å². The van der Waals surface area contributed by atoms with Gasteiger partial charge in [-0.3, -0.25) is 0 Å². The van der Waals surface area contributed by atoms with Crippen molar-refractivity contribution in [3.8, 4) is 0 Å². The van der Waals surface area contributed by atoms with E-state index in [1.165, 1.54) is 51.4 Å². The summed E-state index contributed by atoms with van der Waals surface area (Å²) in [6.07, 6.45) is 11.5. The molecule has 0 aromatic carbocycles. The Morgan fingerprint density at radius 3 is 1.80 bits per heavy atom. The number of rotatable bonds is 10. The summed E-state index contributed by atoms with van der Waals surface area (Å²) in [6.45, 7) is 6.27. The summed E-state index contributed by atoms with van der Waals surface area (Å²) in [5.41, 5.74) is 0. The van der Waals surface area contributed by atoms with Gasteiger partial charge < -0.3 is 5.11 Å². The Bertz CT molecular complexity index is 121. The van der Waals surface area contributed by atoms with E-state index in [-0.39, 0.29) is 6.10 Å². The average Bonchev–Trinajstić information content (AvgIpc) is 2.21. The highest BCUT2D eigenvalue weighted by Gasteiger charge is 2.08. The van der Waals surface area contributed by atoms with Gasteiger partial charge in [-0.2, -0.15) is 0 Å². The second-order valence-electron chi connectivity index (χ2n) is 4.86. The van der Waals surface area contributed by atoms with E-state index < -0.39 is 0 Å². The third kappa shape index (κ3) is 10.2. The van der Waals surface area contributed by atoms with Gasteiger partial charge in [0.1, 0.15) is 0 Å². The Morgan fingerprint density at radius 1 is 0.867 bits per heavy atom. The van der Waals surface area contributed by atoms with Crippen molar-refractivity contribution in [1.82, 2.24) is 0 Å². The number of aliphatic hydroxyl groups is 1. The van der Waals surface area contributed by atoms with Gasteiger partial charge in [0.2, 0.25) is 0 Å². The maximum absolute atomic E-state index is 9.56. The molecule has 1 nitrogen and oxygen atoms in total. The molecule has 0 aliphatic heterocycles. The molecule has 0 spiro atoms. The lowest BCUT2D eigenvalue weighted by atomic mass is 10.00. The summed E-state index contributed by atoms with van der Waals surface area (Å²) >= 11 is 0. The smallest absolute Gasteiger partial charge is 0.0597 e. The summed E-state index contributed by atoms with van der Waals surface area (Å²) < 4.78 is 0. The van der Waals surface area contributed by atoms with Gasteiger partial charge in [-0.15, -0.1) is 0 Å². The zero-order valence-corrected chi connectivity index (χ0v) is 10.9. The second kappa shape index (κ2) is 10.5. The van der Waals surface area contributed by atoms with Gasteiger partial charge >= 0.3 is 0 Å². The van der Waals surface area contributed by atoms with E-state index >= 15 is 0 Å². The molecule has 1 unspecified atom stereocenters. The van der Waals surface area contributed by atoms with Gasteiger partial charge in [0.25, 0.3) is 0 Å². The van der Waals surface area contributed by atoms with E-state index in [0.717, 1.165) is 12.3 Å².